The van der Waals surface area contributed by atoms with Crippen molar-refractivity contribution in [2.45, 2.75) is 0 Å². The van der Waals surface area contributed by atoms with Gasteiger partial charge in [0.2, 0.25) is 13.6 Å². The summed E-state index contributed by atoms with van der Waals surface area (Å²) >= 11 is 0. The first kappa shape index (κ1) is 14.3. The van der Waals surface area contributed by atoms with Crippen LogP contribution in [0, 0.1) is 11.5 Å². The first-order chi connectivity index (χ1) is 10.9. The fraction of sp³-hybridized carbons (Fsp3) is 0. The van der Waals surface area contributed by atoms with Gasteiger partial charge in [-0.3, -0.25) is 0 Å². The Balaban J connectivity index is 2.32. The minimum absolute atomic E-state index is 1.15. The van der Waals surface area contributed by atoms with Crippen molar-refractivity contribution in [2.75, 3.05) is 0 Å². The van der Waals surface area contributed by atoms with Gasteiger partial charge in [-0.25, -0.2) is 0 Å². The van der Waals surface area contributed by atoms with Crippen molar-refractivity contribution >= 4 is 23.3 Å². The van der Waals surface area contributed by atoms with Crippen molar-refractivity contribution in [1.29, 1.82) is 5.26 Å². The maximum atomic E-state index is 9.45. The molecule has 3 aromatic rings. The average molecular weight is 303 g/mol. The Labute approximate surface area is 131 Å². The van der Waals surface area contributed by atoms with E-state index in [1.54, 1.807) is 0 Å². The van der Waals surface area contributed by atoms with E-state index in [9.17, 15) is 5.26 Å². The van der Waals surface area contributed by atoms with E-state index in [2.05, 4.69) is 47.7 Å². The summed E-state index contributed by atoms with van der Waals surface area (Å²) < 4.78 is 0. The Bertz CT molecular complexity index is 668. The van der Waals surface area contributed by atoms with Crippen molar-refractivity contribution in [3.8, 4) is 6.19 Å². The van der Waals surface area contributed by atoms with Crippen LogP contribution in [0.15, 0.2) is 91.0 Å². The predicted molar refractivity (Wildman–Crippen MR) is 93.9 cm³/mol. The predicted octanol–water partition coefficient (Wildman–Crippen LogP) is 2.97. The molecular weight excluding hydrogens is 287 g/mol. The number of nitriles is 1. The molecule has 0 spiro atoms. The van der Waals surface area contributed by atoms with Crippen LogP contribution < -0.4 is 21.0 Å². The Kier molecular flexibility index (Phi) is 4.19. The summed E-state index contributed by atoms with van der Waals surface area (Å²) in [5.41, 5.74) is 0. The van der Waals surface area contributed by atoms with Gasteiger partial charge in [0.1, 0.15) is 15.9 Å². The molecule has 0 aromatic heterocycles. The van der Waals surface area contributed by atoms with Crippen LogP contribution in [0.1, 0.15) is 0 Å². The Hall–Kier alpha value is -2.62. The number of rotatable bonds is 4. The highest BCUT2D eigenvalue weighted by Gasteiger charge is 2.46. The van der Waals surface area contributed by atoms with Crippen LogP contribution in [0.25, 0.3) is 0 Å². The van der Waals surface area contributed by atoms with E-state index in [4.69, 9.17) is 0 Å². The van der Waals surface area contributed by atoms with E-state index in [1.165, 1.54) is 0 Å². The summed E-state index contributed by atoms with van der Waals surface area (Å²) in [6.07, 6.45) is 2.20. The van der Waals surface area contributed by atoms with E-state index < -0.39 is 7.41 Å². The van der Waals surface area contributed by atoms with Gasteiger partial charge >= 0.3 is 0 Å². The number of benzene rings is 3. The molecule has 0 radical (unpaired) electrons. The molecule has 0 aliphatic carbocycles. The van der Waals surface area contributed by atoms with Crippen molar-refractivity contribution < 1.29 is 0 Å². The maximum Gasteiger partial charge on any atom is 0.212 e. The Morgan fingerprint density at radius 1 is 0.591 bits per heavy atom. The fourth-order valence-electron chi connectivity index (χ4n) is 2.67. The summed E-state index contributed by atoms with van der Waals surface area (Å²) in [4.78, 5) is 0. The van der Waals surface area contributed by atoms with Gasteiger partial charge in [0.05, 0.1) is 0 Å². The molecule has 0 aliphatic rings. The molecule has 2 nitrogen and oxygen atoms in total. The molecule has 0 fully saturated rings. The molecule has 0 saturated carbocycles. The highest BCUT2D eigenvalue weighted by molar-refractivity contribution is 7.94. The van der Waals surface area contributed by atoms with Gasteiger partial charge in [-0.05, 0) is 36.4 Å². The zero-order chi connectivity index (χ0) is 15.3. The van der Waals surface area contributed by atoms with E-state index in [0.717, 1.165) is 15.9 Å². The zero-order valence-corrected chi connectivity index (χ0v) is 12.9. The largest absolute Gasteiger partial charge is 0.212 e. The van der Waals surface area contributed by atoms with E-state index >= 15 is 0 Å². The third-order valence-electron chi connectivity index (χ3n) is 3.65. The van der Waals surface area contributed by atoms with Gasteiger partial charge in [0, 0.05) is 0 Å². The second-order valence-corrected chi connectivity index (χ2v) is 8.02. The van der Waals surface area contributed by atoms with Gasteiger partial charge in [0.25, 0.3) is 0 Å². The fourth-order valence-corrected chi connectivity index (χ4v) is 5.96. The van der Waals surface area contributed by atoms with E-state index in [0.29, 0.717) is 0 Å². The molecule has 1 N–H and O–H groups in total. The number of hydrogen-bond acceptors (Lipinski definition) is 2. The van der Waals surface area contributed by atoms with Crippen LogP contribution in [0.5, 0.6) is 0 Å². The molecule has 0 heterocycles. The van der Waals surface area contributed by atoms with E-state index in [-0.39, 0.29) is 0 Å². The lowest BCUT2D eigenvalue weighted by Gasteiger charge is -2.24. The molecule has 22 heavy (non-hydrogen) atoms. The third kappa shape index (κ3) is 2.48. The SMILES string of the molecule is N#CN[P+](c1ccccc1)(c1ccccc1)c1ccccc1. The number of nitrogens with zero attached hydrogens (tertiary/aromatic N) is 1. The minimum Gasteiger partial charge on any atom is -0.181 e. The maximum absolute atomic E-state index is 9.45. The van der Waals surface area contributed by atoms with Crippen molar-refractivity contribution in [3.05, 3.63) is 91.0 Å². The number of nitrogens with one attached hydrogen (secondary N) is 1. The van der Waals surface area contributed by atoms with Crippen LogP contribution in [-0.4, -0.2) is 0 Å². The lowest BCUT2D eigenvalue weighted by Crippen LogP contribution is -2.38. The molecule has 0 bridgehead atoms. The quantitative estimate of drug-likeness (QED) is 0.457. The van der Waals surface area contributed by atoms with Gasteiger partial charge < -0.3 is 0 Å². The molecule has 0 amide bonds. The summed E-state index contributed by atoms with van der Waals surface area (Å²) in [6, 6.07) is 30.7. The van der Waals surface area contributed by atoms with Gasteiger partial charge in [-0.2, -0.15) is 10.3 Å². The highest BCUT2D eigenvalue weighted by Crippen LogP contribution is 2.50. The van der Waals surface area contributed by atoms with Gasteiger partial charge in [-0.15, -0.1) is 0 Å². The second kappa shape index (κ2) is 6.43. The second-order valence-electron chi connectivity index (χ2n) is 4.90. The standard InChI is InChI=1S/C19H16N2P/c20-16-21-22(17-10-4-1-5-11-17,18-12-6-2-7-13-18)19-14-8-3-9-15-19/h1-15,21H/q+1. The lowest BCUT2D eigenvalue weighted by molar-refractivity contribution is 1.33. The summed E-state index contributed by atoms with van der Waals surface area (Å²) in [5.74, 6) is 0. The molecule has 3 aromatic carbocycles. The zero-order valence-electron chi connectivity index (χ0n) is 12.1. The third-order valence-corrected chi connectivity index (χ3v) is 7.30. The Morgan fingerprint density at radius 3 is 1.18 bits per heavy atom. The molecule has 3 heteroatoms. The highest BCUT2D eigenvalue weighted by atomic mass is 31.2. The monoisotopic (exact) mass is 303 g/mol. The Morgan fingerprint density at radius 2 is 0.909 bits per heavy atom. The smallest absolute Gasteiger partial charge is 0.181 e. The summed E-state index contributed by atoms with van der Waals surface area (Å²) in [7, 11) is -2.16. The molecule has 0 atom stereocenters. The minimum atomic E-state index is -2.16. The van der Waals surface area contributed by atoms with Crippen LogP contribution in [0.3, 0.4) is 0 Å². The average Bonchev–Trinajstić information content (AvgIpc) is 2.62. The molecule has 3 rings (SSSR count). The summed E-state index contributed by atoms with van der Waals surface area (Å²) in [5, 5.41) is 16.1. The van der Waals surface area contributed by atoms with Gasteiger partial charge in [0.15, 0.2) is 0 Å². The molecule has 0 unspecified atom stereocenters. The van der Waals surface area contributed by atoms with Crippen LogP contribution >= 0.6 is 7.41 Å². The van der Waals surface area contributed by atoms with Crippen molar-refractivity contribution in [3.63, 3.8) is 0 Å². The first-order valence-electron chi connectivity index (χ1n) is 7.10. The van der Waals surface area contributed by atoms with Gasteiger partial charge in [-0.1, -0.05) is 54.6 Å². The lowest BCUT2D eigenvalue weighted by atomic mass is 10.4. The molecule has 0 saturated heterocycles. The molecule has 0 aliphatic heterocycles. The molecule has 106 valence electrons. The first-order valence-corrected chi connectivity index (χ1v) is 8.89. The van der Waals surface area contributed by atoms with Crippen LogP contribution in [0.4, 0.5) is 0 Å². The molecular formula is C19H16N2P+. The number of hydrogen-bond donors (Lipinski definition) is 1. The normalized spacial score (nSPS) is 10.7. The van der Waals surface area contributed by atoms with Crippen LogP contribution in [-0.2, 0) is 0 Å². The van der Waals surface area contributed by atoms with Crippen molar-refractivity contribution in [1.82, 2.24) is 5.09 Å². The van der Waals surface area contributed by atoms with E-state index in [1.807, 2.05) is 54.6 Å². The van der Waals surface area contributed by atoms with Crippen molar-refractivity contribution in [2.24, 2.45) is 0 Å². The van der Waals surface area contributed by atoms with Crippen LogP contribution in [0.2, 0.25) is 0 Å². The topological polar surface area (TPSA) is 35.8 Å². The summed E-state index contributed by atoms with van der Waals surface area (Å²) in [6.45, 7) is 0.